The second-order valence-electron chi connectivity index (χ2n) is 5.61. The maximum Gasteiger partial charge on any atom is 0.226 e. The highest BCUT2D eigenvalue weighted by atomic mass is 16.2. The van der Waals surface area contributed by atoms with Gasteiger partial charge in [0, 0.05) is 37.4 Å². The number of nitriles is 1. The van der Waals surface area contributed by atoms with Gasteiger partial charge in [0.05, 0.1) is 12.5 Å². The lowest BCUT2D eigenvalue weighted by molar-refractivity contribution is -0.137. The Bertz CT molecular complexity index is 497. The van der Waals surface area contributed by atoms with Crippen molar-refractivity contribution in [2.75, 3.05) is 13.1 Å². The third kappa shape index (κ3) is 4.54. The molecule has 1 aliphatic heterocycles. The number of aromatic nitrogens is 1. The normalized spacial score (nSPS) is 21.5. The van der Waals surface area contributed by atoms with Gasteiger partial charge in [0.1, 0.15) is 0 Å². The van der Waals surface area contributed by atoms with Crippen LogP contribution in [0.1, 0.15) is 31.7 Å². The van der Waals surface area contributed by atoms with Crippen molar-refractivity contribution in [3.8, 4) is 6.07 Å². The Morgan fingerprint density at radius 2 is 2.48 bits per heavy atom. The molecule has 1 N–H and O–H groups in total. The van der Waals surface area contributed by atoms with E-state index >= 15 is 0 Å². The maximum absolute atomic E-state index is 12.7. The van der Waals surface area contributed by atoms with E-state index in [1.165, 1.54) is 0 Å². The molecule has 2 unspecified atom stereocenters. The van der Waals surface area contributed by atoms with Crippen LogP contribution in [-0.2, 0) is 11.3 Å². The van der Waals surface area contributed by atoms with Gasteiger partial charge in [-0.3, -0.25) is 9.78 Å². The Morgan fingerprint density at radius 3 is 3.14 bits per heavy atom. The summed E-state index contributed by atoms with van der Waals surface area (Å²) < 4.78 is 0. The zero-order valence-corrected chi connectivity index (χ0v) is 12.5. The van der Waals surface area contributed by atoms with Crippen LogP contribution < -0.4 is 5.32 Å². The molecule has 21 heavy (non-hydrogen) atoms. The molecule has 0 aliphatic carbocycles. The number of nitrogens with one attached hydrogen (secondary N) is 1. The standard InChI is InChI=1S/C16H22N4O/c1-13-10-15(5-8-19-13)16(21)20(9-3-6-17)12-14-4-2-7-18-11-14/h2,4,7,11,13,15,19H,3,5,8-10,12H2,1H3. The number of rotatable bonds is 5. The molecule has 0 spiro atoms. The predicted octanol–water partition coefficient (Wildman–Crippen LogP) is 1.71. The van der Waals surface area contributed by atoms with Crippen LogP contribution in [0.4, 0.5) is 0 Å². The van der Waals surface area contributed by atoms with Gasteiger partial charge in [0.15, 0.2) is 0 Å². The smallest absolute Gasteiger partial charge is 0.226 e. The lowest BCUT2D eigenvalue weighted by Crippen LogP contribution is -2.44. The molecule has 1 aliphatic rings. The highest BCUT2D eigenvalue weighted by Crippen LogP contribution is 2.20. The van der Waals surface area contributed by atoms with Crippen LogP contribution in [0.5, 0.6) is 0 Å². The quantitative estimate of drug-likeness (QED) is 0.894. The fourth-order valence-corrected chi connectivity index (χ4v) is 2.78. The molecule has 0 saturated carbocycles. The number of piperidine rings is 1. The van der Waals surface area contributed by atoms with E-state index in [4.69, 9.17) is 5.26 Å². The molecule has 112 valence electrons. The van der Waals surface area contributed by atoms with E-state index in [0.29, 0.717) is 25.6 Å². The highest BCUT2D eigenvalue weighted by Gasteiger charge is 2.28. The van der Waals surface area contributed by atoms with E-state index in [1.807, 2.05) is 17.0 Å². The third-order valence-electron chi connectivity index (χ3n) is 3.87. The van der Waals surface area contributed by atoms with Crippen LogP contribution in [0.2, 0.25) is 0 Å². The maximum atomic E-state index is 12.7. The average molecular weight is 286 g/mol. The largest absolute Gasteiger partial charge is 0.337 e. The molecule has 1 aromatic heterocycles. The molecule has 1 aromatic rings. The molecule has 0 radical (unpaired) electrons. The monoisotopic (exact) mass is 286 g/mol. The first-order valence-electron chi connectivity index (χ1n) is 7.48. The number of hydrogen-bond donors (Lipinski definition) is 1. The van der Waals surface area contributed by atoms with Gasteiger partial charge in [-0.05, 0) is 37.9 Å². The second kappa shape index (κ2) is 7.75. The zero-order chi connectivity index (χ0) is 15.1. The number of hydrogen-bond acceptors (Lipinski definition) is 4. The predicted molar refractivity (Wildman–Crippen MR) is 80.1 cm³/mol. The Kier molecular flexibility index (Phi) is 5.70. The number of carbonyl (C=O) groups is 1. The minimum atomic E-state index is 0.0663. The molecule has 2 atom stereocenters. The Labute approximate surface area is 126 Å². The summed E-state index contributed by atoms with van der Waals surface area (Å²) in [5.41, 5.74) is 1.01. The van der Waals surface area contributed by atoms with Crippen LogP contribution in [0.3, 0.4) is 0 Å². The summed E-state index contributed by atoms with van der Waals surface area (Å²) in [5.74, 6) is 0.235. The summed E-state index contributed by atoms with van der Waals surface area (Å²) in [5, 5.41) is 12.2. The molecule has 5 nitrogen and oxygen atoms in total. The van der Waals surface area contributed by atoms with Crippen LogP contribution >= 0.6 is 0 Å². The van der Waals surface area contributed by atoms with Crippen molar-refractivity contribution in [3.63, 3.8) is 0 Å². The van der Waals surface area contributed by atoms with Crippen LogP contribution in [0.25, 0.3) is 0 Å². The Morgan fingerprint density at radius 1 is 1.62 bits per heavy atom. The zero-order valence-electron chi connectivity index (χ0n) is 12.5. The van der Waals surface area contributed by atoms with Crippen molar-refractivity contribution in [2.24, 2.45) is 5.92 Å². The van der Waals surface area contributed by atoms with Gasteiger partial charge in [0.25, 0.3) is 0 Å². The van der Waals surface area contributed by atoms with Gasteiger partial charge in [0.2, 0.25) is 5.91 Å². The van der Waals surface area contributed by atoms with E-state index in [0.717, 1.165) is 24.9 Å². The molecule has 1 fully saturated rings. The van der Waals surface area contributed by atoms with Crippen molar-refractivity contribution in [1.29, 1.82) is 5.26 Å². The van der Waals surface area contributed by atoms with Crippen LogP contribution in [-0.4, -0.2) is 34.9 Å². The van der Waals surface area contributed by atoms with Crippen molar-refractivity contribution < 1.29 is 4.79 Å². The van der Waals surface area contributed by atoms with Gasteiger partial charge in [-0.2, -0.15) is 5.26 Å². The van der Waals surface area contributed by atoms with E-state index in [2.05, 4.69) is 23.3 Å². The minimum absolute atomic E-state index is 0.0663. The Balaban J connectivity index is 2.04. The molecule has 1 saturated heterocycles. The minimum Gasteiger partial charge on any atom is -0.337 e. The first-order chi connectivity index (χ1) is 10.2. The number of pyridine rings is 1. The average Bonchev–Trinajstić information content (AvgIpc) is 2.51. The van der Waals surface area contributed by atoms with Crippen molar-refractivity contribution in [2.45, 2.75) is 38.8 Å². The number of carbonyl (C=O) groups excluding carboxylic acids is 1. The van der Waals surface area contributed by atoms with Crippen LogP contribution in [0, 0.1) is 17.2 Å². The van der Waals surface area contributed by atoms with Crippen LogP contribution in [0.15, 0.2) is 24.5 Å². The fourth-order valence-electron chi connectivity index (χ4n) is 2.78. The SMILES string of the molecule is CC1CC(C(=O)N(CCC#N)Cc2cccnc2)CCN1. The first kappa shape index (κ1) is 15.5. The summed E-state index contributed by atoms with van der Waals surface area (Å²) in [7, 11) is 0. The van der Waals surface area contributed by atoms with E-state index in [-0.39, 0.29) is 11.8 Å². The van der Waals surface area contributed by atoms with Crippen molar-refractivity contribution >= 4 is 5.91 Å². The molecule has 2 heterocycles. The number of amides is 1. The lowest BCUT2D eigenvalue weighted by Gasteiger charge is -2.32. The molecule has 0 aromatic carbocycles. The molecular formula is C16H22N4O. The lowest BCUT2D eigenvalue weighted by atomic mass is 9.92. The third-order valence-corrected chi connectivity index (χ3v) is 3.87. The molecule has 0 bridgehead atoms. The first-order valence-corrected chi connectivity index (χ1v) is 7.48. The van der Waals surface area contributed by atoms with E-state index in [1.54, 1.807) is 12.4 Å². The summed E-state index contributed by atoms with van der Waals surface area (Å²) in [6.07, 6.45) is 5.61. The second-order valence-corrected chi connectivity index (χ2v) is 5.61. The van der Waals surface area contributed by atoms with Gasteiger partial charge in [-0.15, -0.1) is 0 Å². The Hall–Kier alpha value is -1.93. The summed E-state index contributed by atoms with van der Waals surface area (Å²) in [6.45, 7) is 4.02. The van der Waals surface area contributed by atoms with Gasteiger partial charge in [-0.25, -0.2) is 0 Å². The molecular weight excluding hydrogens is 264 g/mol. The highest BCUT2D eigenvalue weighted by molar-refractivity contribution is 5.79. The van der Waals surface area contributed by atoms with Gasteiger partial charge < -0.3 is 10.2 Å². The summed E-state index contributed by atoms with van der Waals surface area (Å²) in [4.78, 5) is 18.6. The molecule has 5 heteroatoms. The topological polar surface area (TPSA) is 69.0 Å². The van der Waals surface area contributed by atoms with E-state index < -0.39 is 0 Å². The van der Waals surface area contributed by atoms with Gasteiger partial charge >= 0.3 is 0 Å². The number of nitrogens with zero attached hydrogens (tertiary/aromatic N) is 3. The summed E-state index contributed by atoms with van der Waals surface area (Å²) >= 11 is 0. The van der Waals surface area contributed by atoms with E-state index in [9.17, 15) is 4.79 Å². The fraction of sp³-hybridized carbons (Fsp3) is 0.562. The van der Waals surface area contributed by atoms with Gasteiger partial charge in [-0.1, -0.05) is 6.07 Å². The summed E-state index contributed by atoms with van der Waals surface area (Å²) in [6, 6.07) is 6.34. The van der Waals surface area contributed by atoms with Crippen molar-refractivity contribution in [3.05, 3.63) is 30.1 Å². The van der Waals surface area contributed by atoms with Crippen molar-refractivity contribution in [1.82, 2.24) is 15.2 Å². The molecule has 2 rings (SSSR count). The molecule has 1 amide bonds.